The van der Waals surface area contributed by atoms with Gasteiger partial charge in [0.1, 0.15) is 42.7 Å². The maximum atomic E-state index is 12.6. The number of aliphatic hydroxyl groups is 1. The molecule has 6 atom stereocenters. The Balaban J connectivity index is 1.87. The van der Waals surface area contributed by atoms with E-state index in [-0.39, 0.29) is 24.3 Å². The fourth-order valence-electron chi connectivity index (χ4n) is 3.64. The van der Waals surface area contributed by atoms with Gasteiger partial charge in [0.2, 0.25) is 0 Å². The number of nitrogen functional groups attached to an aromatic ring is 1. The zero-order valence-corrected chi connectivity index (χ0v) is 19.2. The van der Waals surface area contributed by atoms with Crippen LogP contribution in [-0.2, 0) is 19.1 Å². The lowest BCUT2D eigenvalue weighted by molar-refractivity contribution is -0.158. The Morgan fingerprint density at radius 1 is 1.12 bits per heavy atom. The molecule has 3 heterocycles. The second-order valence-corrected chi connectivity index (χ2v) is 9.04. The van der Waals surface area contributed by atoms with E-state index < -0.39 is 48.3 Å². The summed E-state index contributed by atoms with van der Waals surface area (Å²) in [5, 5.41) is 14.2. The molecule has 1 saturated heterocycles. The topological polar surface area (TPSA) is 204 Å². The smallest absolute Gasteiger partial charge is 0.323 e. The van der Waals surface area contributed by atoms with E-state index in [0.29, 0.717) is 16.6 Å². The number of anilines is 1. The van der Waals surface area contributed by atoms with E-state index in [2.05, 4.69) is 20.3 Å². The van der Waals surface area contributed by atoms with Crippen molar-refractivity contribution in [1.29, 1.82) is 0 Å². The number of fused-ring (bicyclic) bond motifs is 1. The number of nitrogens with zero attached hydrogens (tertiary/aromatic N) is 2. The van der Waals surface area contributed by atoms with E-state index in [0.717, 1.165) is 0 Å². The summed E-state index contributed by atoms with van der Waals surface area (Å²) in [5.74, 6) is -1.22. The minimum absolute atomic E-state index is 0.103. The fraction of sp³-hybridized carbons (Fsp3) is 0.619. The fourth-order valence-corrected chi connectivity index (χ4v) is 3.64. The third-order valence-electron chi connectivity index (χ3n) is 5.97. The van der Waals surface area contributed by atoms with Crippen molar-refractivity contribution in [3.63, 3.8) is 0 Å². The number of esters is 2. The summed E-state index contributed by atoms with van der Waals surface area (Å²) in [6.07, 6.45) is 0.778. The van der Waals surface area contributed by atoms with Crippen molar-refractivity contribution in [2.75, 3.05) is 12.3 Å². The second kappa shape index (κ2) is 10.00. The zero-order valence-electron chi connectivity index (χ0n) is 19.2. The molecule has 33 heavy (non-hydrogen) atoms. The van der Waals surface area contributed by atoms with Gasteiger partial charge in [-0.1, -0.05) is 27.7 Å². The van der Waals surface area contributed by atoms with E-state index in [4.69, 9.17) is 26.7 Å². The van der Waals surface area contributed by atoms with Crippen LogP contribution in [0.4, 0.5) is 5.82 Å². The van der Waals surface area contributed by atoms with Gasteiger partial charge in [0, 0.05) is 11.8 Å². The molecule has 0 radical (unpaired) electrons. The first-order valence-electron chi connectivity index (χ1n) is 10.9. The summed E-state index contributed by atoms with van der Waals surface area (Å²) >= 11 is 0. The van der Waals surface area contributed by atoms with Crippen molar-refractivity contribution in [3.8, 4) is 0 Å². The summed E-state index contributed by atoms with van der Waals surface area (Å²) in [7, 11) is 0. The molecule has 12 nitrogen and oxygen atoms in total. The molecule has 0 spiro atoms. The molecule has 0 aromatic carbocycles. The van der Waals surface area contributed by atoms with Crippen LogP contribution in [0.1, 0.15) is 39.3 Å². The van der Waals surface area contributed by atoms with Crippen molar-refractivity contribution >= 4 is 28.8 Å². The van der Waals surface area contributed by atoms with Gasteiger partial charge in [-0.15, -0.1) is 0 Å². The van der Waals surface area contributed by atoms with Crippen molar-refractivity contribution in [2.45, 2.75) is 64.1 Å². The molecule has 0 bridgehead atoms. The van der Waals surface area contributed by atoms with Crippen molar-refractivity contribution in [3.05, 3.63) is 18.1 Å². The van der Waals surface area contributed by atoms with Crippen LogP contribution in [0.15, 0.2) is 12.5 Å². The molecule has 12 heteroatoms. The number of hydrogen-bond acceptors (Lipinski definition) is 11. The van der Waals surface area contributed by atoms with Crippen LogP contribution >= 0.6 is 0 Å². The molecule has 0 aliphatic carbocycles. The van der Waals surface area contributed by atoms with Crippen molar-refractivity contribution in [1.82, 2.24) is 20.3 Å². The SMILES string of the molecule is CC(C)C(N)C(=O)OCC1NC(c2c[nH]c3c(N)ncnc23)C(OC(=O)C(N)C(C)C)C1O. The minimum atomic E-state index is -1.19. The lowest BCUT2D eigenvalue weighted by atomic mass is 10.0. The van der Waals surface area contributed by atoms with Gasteiger partial charge in [-0.05, 0) is 11.8 Å². The number of aliphatic hydroxyl groups excluding tert-OH is 1. The minimum Gasteiger partial charge on any atom is -0.463 e. The number of rotatable bonds is 8. The highest BCUT2D eigenvalue weighted by Crippen LogP contribution is 2.34. The summed E-state index contributed by atoms with van der Waals surface area (Å²) in [4.78, 5) is 36.1. The Labute approximate surface area is 191 Å². The maximum Gasteiger partial charge on any atom is 0.323 e. The molecule has 0 saturated carbocycles. The monoisotopic (exact) mass is 463 g/mol. The molecule has 1 aliphatic rings. The maximum absolute atomic E-state index is 12.6. The van der Waals surface area contributed by atoms with Crippen LogP contribution in [0.25, 0.3) is 11.0 Å². The largest absolute Gasteiger partial charge is 0.463 e. The molecular formula is C21H33N7O5. The Morgan fingerprint density at radius 3 is 2.39 bits per heavy atom. The molecular weight excluding hydrogens is 430 g/mol. The molecule has 2 aromatic heterocycles. The predicted molar refractivity (Wildman–Crippen MR) is 120 cm³/mol. The normalized spacial score (nSPS) is 24.9. The first kappa shape index (κ1) is 24.8. The quantitative estimate of drug-likeness (QED) is 0.271. The van der Waals surface area contributed by atoms with Crippen LogP contribution in [-0.4, -0.2) is 68.9 Å². The third kappa shape index (κ3) is 5.08. The summed E-state index contributed by atoms with van der Waals surface area (Å²) in [6.45, 7) is 7.05. The number of carbonyl (C=O) groups is 2. The van der Waals surface area contributed by atoms with Gasteiger partial charge in [0.25, 0.3) is 0 Å². The average molecular weight is 464 g/mol. The number of nitrogens with two attached hydrogens (primary N) is 3. The van der Waals surface area contributed by atoms with Crippen LogP contribution in [0, 0.1) is 11.8 Å². The standard InChI is InChI=1S/C21H33N7O5/c1-8(2)12(22)20(30)32-6-11-17(29)18(33-21(31)13(23)9(3)4)15(28-11)10-5-25-16-14(10)26-7-27-19(16)24/h5,7-9,11-13,15,17-18,25,28-29H,6,22-23H2,1-4H3,(H2,24,26,27). The number of hydrogen-bond donors (Lipinski definition) is 6. The van der Waals surface area contributed by atoms with Gasteiger partial charge in [-0.3, -0.25) is 14.9 Å². The Hall–Kier alpha value is -2.80. The van der Waals surface area contributed by atoms with E-state index in [9.17, 15) is 14.7 Å². The zero-order chi connectivity index (χ0) is 24.4. The Morgan fingerprint density at radius 2 is 1.76 bits per heavy atom. The first-order valence-corrected chi connectivity index (χ1v) is 10.9. The third-order valence-corrected chi connectivity index (χ3v) is 5.97. The number of ether oxygens (including phenoxy) is 2. The highest BCUT2D eigenvalue weighted by atomic mass is 16.6. The highest BCUT2D eigenvalue weighted by molar-refractivity contribution is 5.87. The highest BCUT2D eigenvalue weighted by Gasteiger charge is 2.47. The Kier molecular flexibility index (Phi) is 7.52. The van der Waals surface area contributed by atoms with Gasteiger partial charge in [-0.2, -0.15) is 0 Å². The van der Waals surface area contributed by atoms with E-state index in [1.165, 1.54) is 6.33 Å². The van der Waals surface area contributed by atoms with Crippen molar-refractivity contribution < 1.29 is 24.2 Å². The number of aromatic amines is 1. The Bertz CT molecular complexity index is 995. The molecule has 2 aromatic rings. The van der Waals surface area contributed by atoms with Gasteiger partial charge in [0.15, 0.2) is 5.82 Å². The predicted octanol–water partition coefficient (Wildman–Crippen LogP) is -0.664. The molecule has 3 rings (SSSR count). The van der Waals surface area contributed by atoms with Gasteiger partial charge in [0.05, 0.1) is 17.6 Å². The van der Waals surface area contributed by atoms with Crippen LogP contribution in [0.2, 0.25) is 0 Å². The number of nitrogens with one attached hydrogen (secondary N) is 2. The van der Waals surface area contributed by atoms with Crippen molar-refractivity contribution in [2.24, 2.45) is 23.3 Å². The number of H-pyrrole nitrogens is 1. The van der Waals surface area contributed by atoms with Gasteiger partial charge in [-0.25, -0.2) is 9.97 Å². The van der Waals surface area contributed by atoms with Crippen LogP contribution in [0.5, 0.6) is 0 Å². The van der Waals surface area contributed by atoms with Gasteiger partial charge < -0.3 is 36.8 Å². The second-order valence-electron chi connectivity index (χ2n) is 9.04. The van der Waals surface area contributed by atoms with Crippen LogP contribution < -0.4 is 22.5 Å². The molecule has 182 valence electrons. The molecule has 1 aliphatic heterocycles. The summed E-state index contributed by atoms with van der Waals surface area (Å²) < 4.78 is 11.0. The van der Waals surface area contributed by atoms with Crippen LogP contribution in [0.3, 0.4) is 0 Å². The summed E-state index contributed by atoms with van der Waals surface area (Å²) in [6, 6.07) is -3.05. The molecule has 9 N–H and O–H groups in total. The van der Waals surface area contributed by atoms with E-state index in [1.807, 2.05) is 13.8 Å². The molecule has 6 unspecified atom stereocenters. The molecule has 0 amide bonds. The molecule has 1 fully saturated rings. The number of carbonyl (C=O) groups excluding carboxylic acids is 2. The van der Waals surface area contributed by atoms with E-state index >= 15 is 0 Å². The first-order chi connectivity index (χ1) is 15.5. The summed E-state index contributed by atoms with van der Waals surface area (Å²) in [5.41, 5.74) is 19.4. The average Bonchev–Trinajstić information content (AvgIpc) is 3.33. The lowest BCUT2D eigenvalue weighted by Crippen LogP contribution is -2.44. The lowest BCUT2D eigenvalue weighted by Gasteiger charge is -2.24. The van der Waals surface area contributed by atoms with E-state index in [1.54, 1.807) is 20.0 Å². The number of aromatic nitrogens is 3. The van der Waals surface area contributed by atoms with Gasteiger partial charge >= 0.3 is 11.9 Å².